The maximum absolute atomic E-state index is 3.00. The Bertz CT molecular complexity index is 21.2. The molecule has 10 heavy (non-hydrogen) atoms. The topological polar surface area (TPSA) is 33.2 Å². The summed E-state index contributed by atoms with van der Waals surface area (Å²) in [5.74, 6) is 0. The van der Waals surface area contributed by atoms with Crippen LogP contribution in [-0.2, 0) is 0 Å². The molecule has 68 valence electrons. The Morgan fingerprint density at radius 3 is 0.700 bits per heavy atom. The van der Waals surface area contributed by atoms with Crippen molar-refractivity contribution in [3.05, 3.63) is 13.2 Å². The van der Waals surface area contributed by atoms with Crippen LogP contribution in [0.4, 0.5) is 0 Å². The Hall–Kier alpha value is -0.480. The SMILES string of the molecule is C=C.C[NH2+]C.C[NH2+]C.[F-].[F-]. The van der Waals surface area contributed by atoms with E-state index in [2.05, 4.69) is 13.2 Å². The van der Waals surface area contributed by atoms with Crippen molar-refractivity contribution >= 4 is 0 Å². The molecule has 0 aliphatic heterocycles. The molecule has 0 spiro atoms. The molecule has 0 amide bonds. The van der Waals surface area contributed by atoms with Gasteiger partial charge in [-0.15, -0.1) is 13.2 Å². The van der Waals surface area contributed by atoms with Gasteiger partial charge in [-0.3, -0.25) is 0 Å². The van der Waals surface area contributed by atoms with E-state index in [1.807, 2.05) is 38.8 Å². The zero-order chi connectivity index (χ0) is 7.41. The molecule has 0 aromatic heterocycles. The predicted octanol–water partition coefficient (Wildman–Crippen LogP) is -7.57. The summed E-state index contributed by atoms with van der Waals surface area (Å²) >= 11 is 0. The van der Waals surface area contributed by atoms with E-state index in [4.69, 9.17) is 0 Å². The summed E-state index contributed by atoms with van der Waals surface area (Å²) in [6, 6.07) is 0. The number of halogens is 2. The van der Waals surface area contributed by atoms with Gasteiger partial charge in [0, 0.05) is 0 Å². The fourth-order valence-electron chi connectivity index (χ4n) is 0. The van der Waals surface area contributed by atoms with Crippen molar-refractivity contribution in [2.75, 3.05) is 28.2 Å². The van der Waals surface area contributed by atoms with Gasteiger partial charge in [0.2, 0.25) is 0 Å². The van der Waals surface area contributed by atoms with Crippen LogP contribution in [0.25, 0.3) is 0 Å². The molecule has 0 aromatic carbocycles. The van der Waals surface area contributed by atoms with E-state index in [0.29, 0.717) is 0 Å². The fourth-order valence-corrected chi connectivity index (χ4v) is 0. The summed E-state index contributed by atoms with van der Waals surface area (Å²) < 4.78 is 0. The summed E-state index contributed by atoms with van der Waals surface area (Å²) in [7, 11) is 8.00. The predicted molar refractivity (Wildman–Crippen MR) is 38.8 cm³/mol. The normalized spacial score (nSPS) is 4.00. The fraction of sp³-hybridized carbons (Fsp3) is 0.667. The van der Waals surface area contributed by atoms with Crippen LogP contribution in [-0.4, -0.2) is 28.2 Å². The van der Waals surface area contributed by atoms with Gasteiger partial charge in [0.15, 0.2) is 0 Å². The maximum Gasteiger partial charge on any atom is 0.0647 e. The molecule has 0 rings (SSSR count). The van der Waals surface area contributed by atoms with E-state index in [1.54, 1.807) is 0 Å². The quantitative estimate of drug-likeness (QED) is 0.328. The summed E-state index contributed by atoms with van der Waals surface area (Å²) in [6.45, 7) is 6.00. The Balaban J connectivity index is -0.0000000116. The van der Waals surface area contributed by atoms with E-state index in [-0.39, 0.29) is 9.41 Å². The monoisotopic (exact) mass is 158 g/mol. The van der Waals surface area contributed by atoms with Crippen LogP contribution in [0, 0.1) is 0 Å². The zero-order valence-corrected chi connectivity index (χ0v) is 7.32. The van der Waals surface area contributed by atoms with Crippen molar-refractivity contribution in [2.45, 2.75) is 0 Å². The minimum Gasteiger partial charge on any atom is -1.00 e. The van der Waals surface area contributed by atoms with Crippen LogP contribution < -0.4 is 20.0 Å². The first-order valence-corrected chi connectivity index (χ1v) is 2.81. The van der Waals surface area contributed by atoms with Gasteiger partial charge < -0.3 is 20.0 Å². The maximum atomic E-state index is 3.00. The molecule has 0 atom stereocenters. The standard InChI is InChI=1S/2C2H7N.C2H4.2FH/c2*1-3-2;1-2;;/h2*3H,1-2H3;1-2H2;2*1H. The zero-order valence-electron chi connectivity index (χ0n) is 7.32. The third-order valence-corrected chi connectivity index (χ3v) is 0. The smallest absolute Gasteiger partial charge is 0.0647 e. The summed E-state index contributed by atoms with van der Waals surface area (Å²) in [6.07, 6.45) is 0. The first kappa shape index (κ1) is 33.8. The van der Waals surface area contributed by atoms with Crippen LogP contribution in [0.5, 0.6) is 0 Å². The van der Waals surface area contributed by atoms with E-state index in [1.165, 1.54) is 0 Å². The molecule has 0 aliphatic carbocycles. The van der Waals surface area contributed by atoms with Crippen molar-refractivity contribution in [3.63, 3.8) is 0 Å². The van der Waals surface area contributed by atoms with Gasteiger partial charge in [0.25, 0.3) is 0 Å². The van der Waals surface area contributed by atoms with Crippen LogP contribution in [0.1, 0.15) is 0 Å². The highest BCUT2D eigenvalue weighted by molar-refractivity contribution is 4.22. The second-order valence-electron chi connectivity index (χ2n) is 1.15. The second kappa shape index (κ2) is 209. The van der Waals surface area contributed by atoms with E-state index < -0.39 is 0 Å². The lowest BCUT2D eigenvalue weighted by Gasteiger charge is -1.57. The minimum atomic E-state index is 0. The van der Waals surface area contributed by atoms with Crippen molar-refractivity contribution in [1.82, 2.24) is 0 Å². The first-order valence-electron chi connectivity index (χ1n) is 2.81. The molecule has 0 aliphatic rings. The number of hydrogen-bond acceptors (Lipinski definition) is 0. The molecule has 4 heteroatoms. The van der Waals surface area contributed by atoms with Crippen LogP contribution in [0.2, 0.25) is 0 Å². The average Bonchev–Trinajstić information content (AvgIpc) is 1.75. The van der Waals surface area contributed by atoms with Gasteiger partial charge in [0.1, 0.15) is 0 Å². The molecule has 0 radical (unpaired) electrons. The number of nitrogens with two attached hydrogens (primary N) is 2. The molecule has 0 heterocycles. The molecular formula is C6H20F2N2. The molecule has 0 unspecified atom stereocenters. The lowest BCUT2D eigenvalue weighted by molar-refractivity contribution is -0.597. The lowest BCUT2D eigenvalue weighted by atomic mass is 11.3. The largest absolute Gasteiger partial charge is 1.00 e. The lowest BCUT2D eigenvalue weighted by Crippen LogP contribution is -3.00. The van der Waals surface area contributed by atoms with Gasteiger partial charge in [-0.1, -0.05) is 0 Å². The molecule has 4 N–H and O–H groups in total. The Morgan fingerprint density at radius 2 is 0.700 bits per heavy atom. The highest BCUT2D eigenvalue weighted by atomic mass is 19.0. The molecule has 0 aromatic rings. The Morgan fingerprint density at radius 1 is 0.700 bits per heavy atom. The van der Waals surface area contributed by atoms with Crippen molar-refractivity contribution in [1.29, 1.82) is 0 Å². The molecule has 0 bridgehead atoms. The molecule has 2 nitrogen and oxygen atoms in total. The van der Waals surface area contributed by atoms with E-state index in [9.17, 15) is 0 Å². The molecule has 0 saturated heterocycles. The summed E-state index contributed by atoms with van der Waals surface area (Å²) in [5.41, 5.74) is 0. The Labute approximate surface area is 62.4 Å². The number of hydrogen-bond donors (Lipinski definition) is 2. The minimum absolute atomic E-state index is 0. The third kappa shape index (κ3) is 1390. The van der Waals surface area contributed by atoms with Crippen LogP contribution >= 0.6 is 0 Å². The molecule has 0 fully saturated rings. The van der Waals surface area contributed by atoms with Gasteiger partial charge in [-0.05, 0) is 0 Å². The second-order valence-corrected chi connectivity index (χ2v) is 1.15. The van der Waals surface area contributed by atoms with Gasteiger partial charge in [-0.2, -0.15) is 0 Å². The van der Waals surface area contributed by atoms with Gasteiger partial charge in [0.05, 0.1) is 28.2 Å². The van der Waals surface area contributed by atoms with E-state index >= 15 is 0 Å². The highest BCUT2D eigenvalue weighted by Gasteiger charge is 1.29. The van der Waals surface area contributed by atoms with Gasteiger partial charge >= 0.3 is 0 Å². The third-order valence-electron chi connectivity index (χ3n) is 0. The average molecular weight is 158 g/mol. The van der Waals surface area contributed by atoms with Crippen molar-refractivity contribution in [2.24, 2.45) is 0 Å². The number of rotatable bonds is 0. The van der Waals surface area contributed by atoms with Gasteiger partial charge in [-0.25, -0.2) is 0 Å². The summed E-state index contributed by atoms with van der Waals surface area (Å²) in [4.78, 5) is 0. The molecule has 0 saturated carbocycles. The van der Waals surface area contributed by atoms with Crippen LogP contribution in [0.15, 0.2) is 13.2 Å². The van der Waals surface area contributed by atoms with Crippen LogP contribution in [0.3, 0.4) is 0 Å². The van der Waals surface area contributed by atoms with E-state index in [0.717, 1.165) is 0 Å². The summed E-state index contributed by atoms with van der Waals surface area (Å²) in [5, 5.41) is 4.00. The Kier molecular flexibility index (Phi) is 705. The van der Waals surface area contributed by atoms with Crippen molar-refractivity contribution in [3.8, 4) is 0 Å². The highest BCUT2D eigenvalue weighted by Crippen LogP contribution is 0.862. The number of quaternary nitrogens is 2. The first-order chi connectivity index (χ1) is 3.83. The van der Waals surface area contributed by atoms with Crippen molar-refractivity contribution < 1.29 is 20.0 Å². The molecular weight excluding hydrogens is 138 g/mol.